The lowest BCUT2D eigenvalue weighted by Gasteiger charge is -2.15. The number of benzene rings is 2. The summed E-state index contributed by atoms with van der Waals surface area (Å²) in [6, 6.07) is 9.61. The van der Waals surface area contributed by atoms with Gasteiger partial charge in [0.05, 0.1) is 17.7 Å². The van der Waals surface area contributed by atoms with Crippen LogP contribution in [0, 0.1) is 0 Å². The Morgan fingerprint density at radius 2 is 1.81 bits per heavy atom. The van der Waals surface area contributed by atoms with Crippen LogP contribution in [0.2, 0.25) is 0 Å². The molecule has 0 aliphatic heterocycles. The van der Waals surface area contributed by atoms with Crippen molar-refractivity contribution in [1.82, 2.24) is 20.6 Å². The number of carbonyl (C=O) groups excluding carboxylic acids is 1. The van der Waals surface area contributed by atoms with Crippen LogP contribution >= 0.6 is 0 Å². The predicted molar refractivity (Wildman–Crippen MR) is 115 cm³/mol. The summed E-state index contributed by atoms with van der Waals surface area (Å²) in [7, 11) is 0. The lowest BCUT2D eigenvalue weighted by atomic mass is 9.97. The molecule has 0 saturated carbocycles. The highest BCUT2D eigenvalue weighted by Gasteiger charge is 2.21. The van der Waals surface area contributed by atoms with E-state index in [4.69, 9.17) is 4.74 Å². The minimum absolute atomic E-state index is 0.0762. The molecular weight excluding hydrogens is 396 g/mol. The Hall–Kier alpha value is -3.42. The Labute approximate surface area is 181 Å². The number of tetrazole rings is 1. The molecule has 0 fully saturated rings. The number of phenolic OH excluding ortho intramolecular Hbond substituents is 2. The van der Waals surface area contributed by atoms with E-state index in [-0.39, 0.29) is 22.6 Å². The zero-order chi connectivity index (χ0) is 22.1. The maximum atomic E-state index is 12.8. The number of H-pyrrole nitrogens is 1. The largest absolute Gasteiger partial charge is 0.507 e. The molecular formula is C23H28N4O4. The third kappa shape index (κ3) is 5.81. The van der Waals surface area contributed by atoms with Crippen molar-refractivity contribution in [3.8, 4) is 17.2 Å². The quantitative estimate of drug-likeness (QED) is 0.297. The molecule has 3 N–H and O–H groups in total. The van der Waals surface area contributed by atoms with Crippen molar-refractivity contribution in [3.63, 3.8) is 0 Å². The Bertz CT molecular complexity index is 989. The summed E-state index contributed by atoms with van der Waals surface area (Å²) in [5, 5.41) is 34.6. The van der Waals surface area contributed by atoms with E-state index in [9.17, 15) is 15.0 Å². The predicted octanol–water partition coefficient (Wildman–Crippen LogP) is 3.98. The number of nitrogens with zero attached hydrogens (tertiary/aromatic N) is 3. The van der Waals surface area contributed by atoms with E-state index in [0.717, 1.165) is 44.3 Å². The molecule has 0 bridgehead atoms. The number of hydrogen-bond donors (Lipinski definition) is 3. The van der Waals surface area contributed by atoms with E-state index in [0.29, 0.717) is 24.3 Å². The molecule has 31 heavy (non-hydrogen) atoms. The van der Waals surface area contributed by atoms with Crippen LogP contribution in [0.5, 0.6) is 17.2 Å². The van der Waals surface area contributed by atoms with Gasteiger partial charge in [-0.25, -0.2) is 0 Å². The van der Waals surface area contributed by atoms with Gasteiger partial charge in [-0.05, 0) is 43.5 Å². The number of hydrogen-bond acceptors (Lipinski definition) is 7. The first kappa shape index (κ1) is 22.3. The Morgan fingerprint density at radius 1 is 1.00 bits per heavy atom. The fraction of sp³-hybridized carbons (Fsp3) is 0.391. The van der Waals surface area contributed by atoms with Gasteiger partial charge < -0.3 is 14.9 Å². The van der Waals surface area contributed by atoms with Crippen LogP contribution in [0.3, 0.4) is 0 Å². The number of para-hydroxylation sites is 1. The van der Waals surface area contributed by atoms with E-state index in [1.54, 1.807) is 30.3 Å². The highest BCUT2D eigenvalue weighted by Crippen LogP contribution is 2.35. The average molecular weight is 425 g/mol. The van der Waals surface area contributed by atoms with Crippen molar-refractivity contribution in [3.05, 3.63) is 58.9 Å². The first-order chi connectivity index (χ1) is 15.1. The molecule has 1 aromatic heterocycles. The molecule has 0 spiro atoms. The second kappa shape index (κ2) is 11.1. The minimum atomic E-state index is -0.416. The van der Waals surface area contributed by atoms with Gasteiger partial charge in [0.25, 0.3) is 0 Å². The standard InChI is InChI=1S/C23H28N4O4/c1-2-9-17-20(31-15-8-4-3-5-12-21-24-26-27-25-21)14-13-18(23(17)30)22(29)16-10-6-7-11-19(16)28/h6-7,10-11,13-14,28,30H,2-5,8-9,12,15H2,1H3,(H,24,25,26,27). The van der Waals surface area contributed by atoms with Gasteiger partial charge in [-0.1, -0.05) is 43.5 Å². The summed E-state index contributed by atoms with van der Waals surface area (Å²) in [4.78, 5) is 12.8. The molecule has 8 heteroatoms. The van der Waals surface area contributed by atoms with Crippen molar-refractivity contribution < 1.29 is 19.7 Å². The first-order valence-electron chi connectivity index (χ1n) is 10.6. The maximum absolute atomic E-state index is 12.8. The Kier molecular flexibility index (Phi) is 7.98. The molecule has 0 radical (unpaired) electrons. The van der Waals surface area contributed by atoms with Gasteiger partial charge in [-0.3, -0.25) is 4.79 Å². The van der Waals surface area contributed by atoms with Crippen LogP contribution in [0.4, 0.5) is 0 Å². The van der Waals surface area contributed by atoms with Crippen LogP contribution in [-0.4, -0.2) is 43.2 Å². The molecule has 2 aromatic carbocycles. The molecule has 0 unspecified atom stereocenters. The van der Waals surface area contributed by atoms with E-state index in [1.807, 2.05) is 6.92 Å². The average Bonchev–Trinajstić information content (AvgIpc) is 3.29. The number of nitrogens with one attached hydrogen (secondary N) is 1. The molecule has 3 aromatic rings. The normalized spacial score (nSPS) is 10.9. The van der Waals surface area contributed by atoms with Gasteiger partial charge in [0.2, 0.25) is 0 Å². The number of aromatic nitrogens is 4. The third-order valence-corrected chi connectivity index (χ3v) is 5.07. The number of phenols is 2. The van der Waals surface area contributed by atoms with Gasteiger partial charge >= 0.3 is 0 Å². The number of aromatic amines is 1. The molecule has 3 rings (SSSR count). The van der Waals surface area contributed by atoms with Crippen molar-refractivity contribution >= 4 is 5.78 Å². The fourth-order valence-corrected chi connectivity index (χ4v) is 3.45. The number of aryl methyl sites for hydroxylation is 1. The molecule has 0 aliphatic rings. The van der Waals surface area contributed by atoms with Gasteiger partial charge in [0.1, 0.15) is 17.2 Å². The highest BCUT2D eigenvalue weighted by molar-refractivity contribution is 6.12. The second-order valence-corrected chi connectivity index (χ2v) is 7.38. The van der Waals surface area contributed by atoms with Gasteiger partial charge in [-0.15, -0.1) is 10.2 Å². The second-order valence-electron chi connectivity index (χ2n) is 7.38. The summed E-state index contributed by atoms with van der Waals surface area (Å²) in [6.45, 7) is 2.54. The monoisotopic (exact) mass is 424 g/mol. The molecule has 8 nitrogen and oxygen atoms in total. The lowest BCUT2D eigenvalue weighted by molar-refractivity contribution is 0.103. The Balaban J connectivity index is 1.58. The summed E-state index contributed by atoms with van der Waals surface area (Å²) < 4.78 is 5.93. The smallest absolute Gasteiger partial charge is 0.200 e. The van der Waals surface area contributed by atoms with E-state index >= 15 is 0 Å². The van der Waals surface area contributed by atoms with Crippen molar-refractivity contribution in [2.75, 3.05) is 6.61 Å². The molecule has 0 saturated heterocycles. The van der Waals surface area contributed by atoms with Crippen molar-refractivity contribution in [2.24, 2.45) is 0 Å². The molecule has 0 atom stereocenters. The van der Waals surface area contributed by atoms with E-state index < -0.39 is 5.78 Å². The summed E-state index contributed by atoms with van der Waals surface area (Å²) >= 11 is 0. The SMILES string of the molecule is CCCc1c(OCCCCCCc2nn[nH]n2)ccc(C(=O)c2ccccc2O)c1O. The Morgan fingerprint density at radius 3 is 2.55 bits per heavy atom. The van der Waals surface area contributed by atoms with Crippen LogP contribution in [0.15, 0.2) is 36.4 Å². The number of unbranched alkanes of at least 4 members (excludes halogenated alkanes) is 3. The number of ether oxygens (including phenoxy) is 1. The summed E-state index contributed by atoms with van der Waals surface area (Å²) in [5.74, 6) is 0.729. The zero-order valence-electron chi connectivity index (χ0n) is 17.7. The number of ketones is 1. The molecule has 0 amide bonds. The van der Waals surface area contributed by atoms with Crippen LogP contribution in [0.25, 0.3) is 0 Å². The first-order valence-corrected chi connectivity index (χ1v) is 10.6. The zero-order valence-corrected chi connectivity index (χ0v) is 17.7. The fourth-order valence-electron chi connectivity index (χ4n) is 3.45. The van der Waals surface area contributed by atoms with Crippen molar-refractivity contribution in [1.29, 1.82) is 0 Å². The van der Waals surface area contributed by atoms with Crippen LogP contribution < -0.4 is 4.74 Å². The lowest BCUT2D eigenvalue weighted by Crippen LogP contribution is -2.06. The third-order valence-electron chi connectivity index (χ3n) is 5.07. The number of aromatic hydroxyl groups is 2. The van der Waals surface area contributed by atoms with Gasteiger partial charge in [0, 0.05) is 12.0 Å². The topological polar surface area (TPSA) is 121 Å². The highest BCUT2D eigenvalue weighted by atomic mass is 16.5. The van der Waals surface area contributed by atoms with Crippen LogP contribution in [0.1, 0.15) is 66.3 Å². The van der Waals surface area contributed by atoms with Crippen molar-refractivity contribution in [2.45, 2.75) is 51.9 Å². The summed E-state index contributed by atoms with van der Waals surface area (Å²) in [5.41, 5.74) is 0.953. The van der Waals surface area contributed by atoms with Crippen LogP contribution in [-0.2, 0) is 12.8 Å². The minimum Gasteiger partial charge on any atom is -0.507 e. The van der Waals surface area contributed by atoms with Gasteiger partial charge in [0.15, 0.2) is 11.6 Å². The van der Waals surface area contributed by atoms with E-state index in [2.05, 4.69) is 20.6 Å². The number of carbonyl (C=O) groups is 1. The van der Waals surface area contributed by atoms with Gasteiger partial charge in [-0.2, -0.15) is 5.21 Å². The molecule has 0 aliphatic carbocycles. The molecule has 164 valence electrons. The number of rotatable bonds is 12. The molecule has 1 heterocycles. The summed E-state index contributed by atoms with van der Waals surface area (Å²) in [6.07, 6.45) is 6.12. The maximum Gasteiger partial charge on any atom is 0.200 e. The van der Waals surface area contributed by atoms with E-state index in [1.165, 1.54) is 6.07 Å².